The van der Waals surface area contributed by atoms with Gasteiger partial charge in [-0.1, -0.05) is 17.7 Å². The molecular weight excluding hydrogens is 214 g/mol. The van der Waals surface area contributed by atoms with E-state index in [0.717, 1.165) is 5.56 Å². The van der Waals surface area contributed by atoms with Crippen molar-refractivity contribution in [3.63, 3.8) is 0 Å². The molecule has 0 spiro atoms. The maximum atomic E-state index is 11.6. The largest absolute Gasteiger partial charge is 0.298 e. The van der Waals surface area contributed by atoms with E-state index in [-0.39, 0.29) is 11.6 Å². The van der Waals surface area contributed by atoms with Gasteiger partial charge in [0.25, 0.3) is 10.1 Å². The number of benzene rings is 1. The third-order valence-electron chi connectivity index (χ3n) is 1.78. The van der Waals surface area contributed by atoms with Crippen LogP contribution in [-0.4, -0.2) is 34.1 Å². The van der Waals surface area contributed by atoms with Gasteiger partial charge in [0.2, 0.25) is 0 Å². The lowest BCUT2D eigenvalue weighted by atomic mass is 10.2. The van der Waals surface area contributed by atoms with Crippen molar-refractivity contribution in [3.8, 4) is 0 Å². The van der Waals surface area contributed by atoms with Crippen LogP contribution in [0.1, 0.15) is 5.56 Å². The van der Waals surface area contributed by atoms with Crippen LogP contribution in [0.15, 0.2) is 29.2 Å². The Morgan fingerprint density at radius 3 is 2.20 bits per heavy atom. The number of rotatable bonds is 4. The van der Waals surface area contributed by atoms with Gasteiger partial charge in [0.05, 0.1) is 4.90 Å². The topological polar surface area (TPSA) is 46.6 Å². The van der Waals surface area contributed by atoms with Crippen LogP contribution < -0.4 is 0 Å². The molecule has 1 aromatic carbocycles. The van der Waals surface area contributed by atoms with Crippen molar-refractivity contribution in [2.24, 2.45) is 0 Å². The zero-order valence-electron chi connectivity index (χ0n) is 9.10. The van der Waals surface area contributed by atoms with Crippen LogP contribution >= 0.6 is 0 Å². The quantitative estimate of drug-likeness (QED) is 0.575. The lowest BCUT2D eigenvalue weighted by Gasteiger charge is -2.10. The molecule has 1 rings (SSSR count). The fourth-order valence-electron chi connectivity index (χ4n) is 0.948. The van der Waals surface area contributed by atoms with E-state index < -0.39 is 10.1 Å². The van der Waals surface area contributed by atoms with E-state index in [1.165, 1.54) is 0 Å². The summed E-state index contributed by atoms with van der Waals surface area (Å²) < 4.78 is 28.0. The summed E-state index contributed by atoms with van der Waals surface area (Å²) in [5, 5.41) is 0. The van der Waals surface area contributed by atoms with Crippen LogP contribution in [0.2, 0.25) is 0 Å². The van der Waals surface area contributed by atoms with Gasteiger partial charge < -0.3 is 0 Å². The minimum absolute atomic E-state index is 0.0518. The van der Waals surface area contributed by atoms with Gasteiger partial charge in [0, 0.05) is 0 Å². The lowest BCUT2D eigenvalue weighted by molar-refractivity contribution is 0.185. The Bertz CT molecular complexity index is 409. The van der Waals surface area contributed by atoms with Gasteiger partial charge in [-0.15, -0.1) is 0 Å². The second-order valence-corrected chi connectivity index (χ2v) is 5.21. The van der Waals surface area contributed by atoms with Crippen LogP contribution in [0.5, 0.6) is 0 Å². The SMILES string of the molecule is Cc1ccc(S(=O)(=O)OCN(C)C)cc1. The van der Waals surface area contributed by atoms with Crippen molar-refractivity contribution in [3.05, 3.63) is 29.8 Å². The molecule has 0 bridgehead atoms. The average molecular weight is 229 g/mol. The van der Waals surface area contributed by atoms with Crippen LogP contribution in [-0.2, 0) is 14.3 Å². The van der Waals surface area contributed by atoms with Crippen LogP contribution in [0.4, 0.5) is 0 Å². The van der Waals surface area contributed by atoms with Crippen molar-refractivity contribution in [1.29, 1.82) is 0 Å². The Kier molecular flexibility index (Phi) is 3.84. The highest BCUT2D eigenvalue weighted by Crippen LogP contribution is 2.12. The second-order valence-electron chi connectivity index (χ2n) is 3.59. The Labute approximate surface area is 90.6 Å². The first-order valence-corrected chi connectivity index (χ1v) is 5.93. The smallest absolute Gasteiger partial charge is 0.286 e. The van der Waals surface area contributed by atoms with Gasteiger partial charge in [-0.3, -0.25) is 9.08 Å². The highest BCUT2D eigenvalue weighted by molar-refractivity contribution is 7.86. The van der Waals surface area contributed by atoms with Gasteiger partial charge in [-0.25, -0.2) is 0 Å². The molecule has 0 radical (unpaired) electrons. The average Bonchev–Trinajstić information content (AvgIpc) is 2.16. The number of nitrogens with zero attached hydrogens (tertiary/aromatic N) is 1. The number of aryl methyl sites for hydroxylation is 1. The summed E-state index contributed by atoms with van der Waals surface area (Å²) in [7, 11) is -0.132. The molecule has 4 nitrogen and oxygen atoms in total. The third kappa shape index (κ3) is 3.62. The molecule has 5 heteroatoms. The summed E-state index contributed by atoms with van der Waals surface area (Å²) in [4.78, 5) is 1.83. The first-order valence-electron chi connectivity index (χ1n) is 4.52. The molecule has 0 saturated heterocycles. The normalized spacial score (nSPS) is 12.0. The maximum Gasteiger partial charge on any atom is 0.298 e. The molecule has 0 fully saturated rings. The minimum Gasteiger partial charge on any atom is -0.286 e. The van der Waals surface area contributed by atoms with Crippen LogP contribution in [0.3, 0.4) is 0 Å². The molecule has 0 aromatic heterocycles. The van der Waals surface area contributed by atoms with E-state index in [1.807, 2.05) is 6.92 Å². The predicted octanol–water partition coefficient (Wildman–Crippen LogP) is 1.22. The van der Waals surface area contributed by atoms with Crippen molar-refractivity contribution in [2.45, 2.75) is 11.8 Å². The fraction of sp³-hybridized carbons (Fsp3) is 0.400. The van der Waals surface area contributed by atoms with Gasteiger partial charge in [-0.2, -0.15) is 8.42 Å². The van der Waals surface area contributed by atoms with Gasteiger partial charge in [-0.05, 0) is 33.2 Å². The summed E-state index contributed by atoms with van der Waals surface area (Å²) in [6, 6.07) is 6.57. The van der Waals surface area contributed by atoms with Crippen molar-refractivity contribution >= 4 is 10.1 Å². The van der Waals surface area contributed by atoms with Gasteiger partial charge >= 0.3 is 0 Å². The van der Waals surface area contributed by atoms with Gasteiger partial charge in [0.1, 0.15) is 6.73 Å². The number of hydrogen-bond donors (Lipinski definition) is 0. The molecule has 0 amide bonds. The molecule has 0 aliphatic rings. The Morgan fingerprint density at radius 2 is 1.73 bits per heavy atom. The summed E-state index contributed by atoms with van der Waals surface area (Å²) in [5.41, 5.74) is 1.02. The molecule has 1 aromatic rings. The molecule has 84 valence electrons. The lowest BCUT2D eigenvalue weighted by Crippen LogP contribution is -2.19. The molecular formula is C10H15NO3S. The van der Waals surface area contributed by atoms with Crippen molar-refractivity contribution in [2.75, 3.05) is 20.8 Å². The summed E-state index contributed by atoms with van der Waals surface area (Å²) in [6.07, 6.45) is 0. The Morgan fingerprint density at radius 1 is 1.20 bits per heavy atom. The van der Waals surface area contributed by atoms with E-state index >= 15 is 0 Å². The molecule has 0 saturated carbocycles. The van der Waals surface area contributed by atoms with E-state index in [9.17, 15) is 8.42 Å². The highest BCUT2D eigenvalue weighted by atomic mass is 32.2. The molecule has 0 heterocycles. The van der Waals surface area contributed by atoms with E-state index in [4.69, 9.17) is 4.18 Å². The van der Waals surface area contributed by atoms with Crippen LogP contribution in [0.25, 0.3) is 0 Å². The molecule has 0 atom stereocenters. The van der Waals surface area contributed by atoms with E-state index in [2.05, 4.69) is 0 Å². The van der Waals surface area contributed by atoms with E-state index in [0.29, 0.717) is 0 Å². The zero-order chi connectivity index (χ0) is 11.5. The molecule has 15 heavy (non-hydrogen) atoms. The zero-order valence-corrected chi connectivity index (χ0v) is 9.91. The van der Waals surface area contributed by atoms with E-state index in [1.54, 1.807) is 43.3 Å². The minimum atomic E-state index is -3.61. The third-order valence-corrected chi connectivity index (χ3v) is 3.04. The Hall–Kier alpha value is -0.910. The first kappa shape index (κ1) is 12.2. The van der Waals surface area contributed by atoms with Gasteiger partial charge in [0.15, 0.2) is 0 Å². The molecule has 0 unspecified atom stereocenters. The summed E-state index contributed by atoms with van der Waals surface area (Å²) >= 11 is 0. The maximum absolute atomic E-state index is 11.6. The standard InChI is InChI=1S/C10H15NO3S/c1-9-4-6-10(7-5-9)15(12,13)14-8-11(2)3/h4-7H,8H2,1-3H3. The monoisotopic (exact) mass is 229 g/mol. The van der Waals surface area contributed by atoms with Crippen LogP contribution in [0, 0.1) is 6.92 Å². The second kappa shape index (κ2) is 4.74. The first-order chi connectivity index (χ1) is 6.92. The molecule has 0 aliphatic carbocycles. The highest BCUT2D eigenvalue weighted by Gasteiger charge is 2.14. The Balaban J connectivity index is 2.82. The predicted molar refractivity (Wildman–Crippen MR) is 58.0 cm³/mol. The molecule has 0 aliphatic heterocycles. The fourth-order valence-corrected chi connectivity index (χ4v) is 1.90. The summed E-state index contributed by atoms with van der Waals surface area (Å²) in [6.45, 7) is 1.95. The molecule has 0 N–H and O–H groups in total. The van der Waals surface area contributed by atoms with Crippen molar-refractivity contribution in [1.82, 2.24) is 4.90 Å². The summed E-state index contributed by atoms with van der Waals surface area (Å²) in [5.74, 6) is 0. The van der Waals surface area contributed by atoms with Crippen molar-refractivity contribution < 1.29 is 12.6 Å². The number of hydrogen-bond acceptors (Lipinski definition) is 4.